The molecule has 0 saturated heterocycles. The van der Waals surface area contributed by atoms with Gasteiger partial charge in [-0.2, -0.15) is 0 Å². The minimum atomic E-state index is 0.0261. The van der Waals surface area contributed by atoms with E-state index in [0.29, 0.717) is 11.1 Å². The van der Waals surface area contributed by atoms with E-state index in [4.69, 9.17) is 23.2 Å². The highest BCUT2D eigenvalue weighted by Crippen LogP contribution is 2.24. The first-order valence-electron chi connectivity index (χ1n) is 10.3. The lowest BCUT2D eigenvalue weighted by atomic mass is 10.0. The van der Waals surface area contributed by atoms with Gasteiger partial charge in [0.2, 0.25) is 0 Å². The Balaban J connectivity index is 0.000000225. The molecule has 0 unspecified atom stereocenters. The van der Waals surface area contributed by atoms with Crippen LogP contribution in [0.25, 0.3) is 0 Å². The van der Waals surface area contributed by atoms with Crippen molar-refractivity contribution in [2.24, 2.45) is 0 Å². The molecule has 0 atom stereocenters. The maximum Gasteiger partial charge on any atom is 0.194 e. The topological polar surface area (TPSA) is 17.1 Å². The molecule has 0 saturated carbocycles. The maximum absolute atomic E-state index is 12.3. The van der Waals surface area contributed by atoms with Crippen molar-refractivity contribution < 1.29 is 4.79 Å². The Hall–Kier alpha value is -1.13. The Bertz CT molecular complexity index is 1000. The molecular weight excluding hydrogens is 559 g/mol. The lowest BCUT2D eigenvalue weighted by Crippen LogP contribution is -2.02. The predicted molar refractivity (Wildman–Crippen MR) is 141 cm³/mol. The van der Waals surface area contributed by atoms with E-state index in [-0.39, 0.29) is 5.78 Å². The summed E-state index contributed by atoms with van der Waals surface area (Å²) >= 11 is 18.7. The van der Waals surface area contributed by atoms with Crippen molar-refractivity contribution in [3.63, 3.8) is 0 Å². The highest BCUT2D eigenvalue weighted by Gasteiger charge is 2.12. The molecular formula is C26H26Br2Cl2O. The predicted octanol–water partition coefficient (Wildman–Crippen LogP) is 9.87. The second kappa shape index (κ2) is 13.4. The first-order chi connectivity index (χ1) is 14.8. The van der Waals surface area contributed by atoms with E-state index in [1.165, 1.54) is 31.2 Å². The van der Waals surface area contributed by atoms with Gasteiger partial charge in [-0.1, -0.05) is 111 Å². The van der Waals surface area contributed by atoms with Gasteiger partial charge in [-0.15, -0.1) is 0 Å². The fourth-order valence-electron chi connectivity index (χ4n) is 3.01. The Morgan fingerprint density at radius 1 is 0.871 bits per heavy atom. The minimum Gasteiger partial charge on any atom is -0.289 e. The third-order valence-electron chi connectivity index (χ3n) is 4.79. The van der Waals surface area contributed by atoms with Crippen LogP contribution in [0.15, 0.2) is 69.6 Å². The van der Waals surface area contributed by atoms with Gasteiger partial charge in [-0.25, -0.2) is 0 Å². The lowest BCUT2D eigenvalue weighted by Gasteiger charge is -2.05. The zero-order valence-corrected chi connectivity index (χ0v) is 22.4. The number of benzene rings is 3. The molecule has 0 aromatic heterocycles. The van der Waals surface area contributed by atoms with Gasteiger partial charge in [0.25, 0.3) is 0 Å². The smallest absolute Gasteiger partial charge is 0.194 e. The van der Waals surface area contributed by atoms with Gasteiger partial charge in [0.1, 0.15) is 0 Å². The average Bonchev–Trinajstić information content (AvgIpc) is 2.76. The molecule has 1 nitrogen and oxygen atoms in total. The van der Waals surface area contributed by atoms with Crippen molar-refractivity contribution in [2.45, 2.75) is 46.0 Å². The number of aryl methyl sites for hydroxylation is 2. The number of hydrogen-bond donors (Lipinski definition) is 0. The van der Waals surface area contributed by atoms with Crippen LogP contribution in [0.1, 0.15) is 59.7 Å². The molecule has 3 aromatic rings. The number of ketones is 1. The molecule has 0 spiro atoms. The van der Waals surface area contributed by atoms with E-state index in [1.54, 1.807) is 0 Å². The molecule has 164 valence electrons. The van der Waals surface area contributed by atoms with Gasteiger partial charge in [-0.05, 0) is 61.7 Å². The molecule has 0 heterocycles. The highest BCUT2D eigenvalue weighted by molar-refractivity contribution is 9.11. The Kier molecular flexibility index (Phi) is 11.3. The van der Waals surface area contributed by atoms with Crippen molar-refractivity contribution in [2.75, 3.05) is 0 Å². The summed E-state index contributed by atoms with van der Waals surface area (Å²) in [5, 5.41) is 1.62. The van der Waals surface area contributed by atoms with Gasteiger partial charge in [0.15, 0.2) is 5.78 Å². The normalized spacial score (nSPS) is 10.4. The van der Waals surface area contributed by atoms with Crippen LogP contribution in [0.2, 0.25) is 10.0 Å². The van der Waals surface area contributed by atoms with Crippen molar-refractivity contribution in [1.29, 1.82) is 0 Å². The molecule has 31 heavy (non-hydrogen) atoms. The van der Waals surface area contributed by atoms with Crippen LogP contribution < -0.4 is 0 Å². The quantitative estimate of drug-likeness (QED) is 0.199. The lowest BCUT2D eigenvalue weighted by molar-refractivity contribution is 0.103. The zero-order valence-electron chi connectivity index (χ0n) is 17.7. The van der Waals surface area contributed by atoms with Crippen LogP contribution in [-0.4, -0.2) is 5.78 Å². The molecule has 3 aromatic carbocycles. The van der Waals surface area contributed by atoms with E-state index in [2.05, 4.69) is 38.8 Å². The monoisotopic (exact) mass is 582 g/mol. The van der Waals surface area contributed by atoms with Crippen LogP contribution in [0.5, 0.6) is 0 Å². The summed E-state index contributed by atoms with van der Waals surface area (Å²) < 4.78 is 1.71. The van der Waals surface area contributed by atoms with E-state index in [0.717, 1.165) is 31.0 Å². The molecule has 0 bridgehead atoms. The van der Waals surface area contributed by atoms with Crippen molar-refractivity contribution in [3.8, 4) is 0 Å². The highest BCUT2D eigenvalue weighted by atomic mass is 79.9. The molecule has 0 aliphatic heterocycles. The summed E-state index contributed by atoms with van der Waals surface area (Å²) in [5.41, 5.74) is 3.70. The molecule has 0 aliphatic rings. The molecule has 5 heteroatoms. The van der Waals surface area contributed by atoms with Gasteiger partial charge in [-0.3, -0.25) is 4.79 Å². The van der Waals surface area contributed by atoms with E-state index < -0.39 is 0 Å². The largest absolute Gasteiger partial charge is 0.289 e. The van der Waals surface area contributed by atoms with Gasteiger partial charge in [0, 0.05) is 30.1 Å². The van der Waals surface area contributed by atoms with Crippen molar-refractivity contribution >= 4 is 60.8 Å². The Morgan fingerprint density at radius 2 is 1.58 bits per heavy atom. The van der Waals surface area contributed by atoms with E-state index in [1.807, 2.05) is 67.6 Å². The summed E-state index contributed by atoms with van der Waals surface area (Å²) in [6, 6.07) is 18.9. The number of carbonyl (C=O) groups excluding carboxylic acids is 1. The minimum absolute atomic E-state index is 0.0261. The van der Waals surface area contributed by atoms with Crippen LogP contribution in [0.3, 0.4) is 0 Å². The molecule has 0 amide bonds. The third-order valence-corrected chi connectivity index (χ3v) is 6.58. The molecule has 0 aliphatic carbocycles. The van der Waals surface area contributed by atoms with Crippen molar-refractivity contribution in [1.82, 2.24) is 0 Å². The van der Waals surface area contributed by atoms with E-state index in [9.17, 15) is 4.79 Å². The summed E-state index contributed by atoms with van der Waals surface area (Å²) in [6.45, 7) is 4.22. The maximum atomic E-state index is 12.3. The number of hydrogen-bond acceptors (Lipinski definition) is 1. The zero-order chi connectivity index (χ0) is 22.8. The summed E-state index contributed by atoms with van der Waals surface area (Å²) in [4.78, 5) is 12.3. The Morgan fingerprint density at radius 3 is 2.26 bits per heavy atom. The number of unbranched alkanes of at least 4 members (excludes halogenated alkanes) is 3. The summed E-state index contributed by atoms with van der Waals surface area (Å²) in [5.74, 6) is 0.0261. The van der Waals surface area contributed by atoms with Crippen LogP contribution in [0, 0.1) is 6.92 Å². The van der Waals surface area contributed by atoms with Gasteiger partial charge in [0.05, 0.1) is 0 Å². The first-order valence-corrected chi connectivity index (χ1v) is 12.7. The SMILES string of the molecule is CCCCCCc1cc(Cl)ccc1Cl.Cc1ccc(C(=O)c2cc(Br)ccc2Br)cc1. The average molecular weight is 585 g/mol. The summed E-state index contributed by atoms with van der Waals surface area (Å²) in [7, 11) is 0. The molecule has 0 radical (unpaired) electrons. The number of rotatable bonds is 7. The van der Waals surface area contributed by atoms with Crippen molar-refractivity contribution in [3.05, 3.63) is 102 Å². The van der Waals surface area contributed by atoms with Crippen LogP contribution in [-0.2, 0) is 6.42 Å². The first kappa shape index (κ1) is 26.1. The second-order valence-corrected chi connectivity index (χ2v) is 9.98. The Labute approximate surface area is 212 Å². The van der Waals surface area contributed by atoms with E-state index >= 15 is 0 Å². The van der Waals surface area contributed by atoms with Gasteiger partial charge >= 0.3 is 0 Å². The number of halogens is 4. The summed E-state index contributed by atoms with van der Waals surface area (Å²) in [6.07, 6.45) is 6.09. The standard InChI is InChI=1S/C14H10Br2O.C12H16Cl2/c1-9-2-4-10(5-3-9)14(17)12-8-11(15)6-7-13(12)16;1-2-3-4-5-6-10-9-11(13)7-8-12(10)14/h2-8H,1H3;7-9H,2-6H2,1H3. The second-order valence-electron chi connectivity index (χ2n) is 7.37. The van der Waals surface area contributed by atoms with Gasteiger partial charge < -0.3 is 0 Å². The molecule has 3 rings (SSSR count). The van der Waals surface area contributed by atoms with Crippen LogP contribution >= 0.6 is 55.1 Å². The molecule has 0 fully saturated rings. The third kappa shape index (κ3) is 8.73. The number of carbonyl (C=O) groups is 1. The fourth-order valence-corrected chi connectivity index (χ4v) is 4.20. The van der Waals surface area contributed by atoms with Crippen LogP contribution in [0.4, 0.5) is 0 Å². The molecule has 0 N–H and O–H groups in total. The fraction of sp³-hybridized carbons (Fsp3) is 0.269.